The summed E-state index contributed by atoms with van der Waals surface area (Å²) < 4.78 is 0. The SMILES string of the molecule is CC1(C)CN(CCC2CC2)CCC1N. The van der Waals surface area contributed by atoms with Crippen LogP contribution < -0.4 is 5.73 Å². The highest BCUT2D eigenvalue weighted by molar-refractivity contribution is 4.90. The van der Waals surface area contributed by atoms with Crippen LogP contribution in [0.1, 0.15) is 39.5 Å². The first-order chi connectivity index (χ1) is 6.58. The van der Waals surface area contributed by atoms with Crippen molar-refractivity contribution in [3.63, 3.8) is 0 Å². The van der Waals surface area contributed by atoms with Crippen LogP contribution in [0.15, 0.2) is 0 Å². The Morgan fingerprint density at radius 3 is 2.57 bits per heavy atom. The van der Waals surface area contributed by atoms with Crippen LogP contribution in [0, 0.1) is 11.3 Å². The molecule has 2 nitrogen and oxygen atoms in total. The number of hydrogen-bond acceptors (Lipinski definition) is 2. The maximum absolute atomic E-state index is 6.12. The lowest BCUT2D eigenvalue weighted by molar-refractivity contribution is 0.0933. The Hall–Kier alpha value is -0.0800. The van der Waals surface area contributed by atoms with Crippen LogP contribution in [0.5, 0.6) is 0 Å². The van der Waals surface area contributed by atoms with Crippen LogP contribution in [0.4, 0.5) is 0 Å². The van der Waals surface area contributed by atoms with Crippen LogP contribution in [0.25, 0.3) is 0 Å². The molecule has 0 aromatic carbocycles. The highest BCUT2D eigenvalue weighted by atomic mass is 15.1. The second-order valence-corrected chi connectivity index (χ2v) is 5.89. The smallest absolute Gasteiger partial charge is 0.0115 e. The number of piperidine rings is 1. The van der Waals surface area contributed by atoms with Gasteiger partial charge in [-0.3, -0.25) is 0 Å². The Balaban J connectivity index is 1.77. The van der Waals surface area contributed by atoms with Gasteiger partial charge in [0, 0.05) is 12.6 Å². The third kappa shape index (κ3) is 2.48. The van der Waals surface area contributed by atoms with E-state index in [9.17, 15) is 0 Å². The first-order valence-corrected chi connectivity index (χ1v) is 6.06. The molecule has 2 heteroatoms. The van der Waals surface area contributed by atoms with Crippen molar-refractivity contribution in [2.75, 3.05) is 19.6 Å². The zero-order valence-electron chi connectivity index (χ0n) is 9.63. The van der Waals surface area contributed by atoms with Gasteiger partial charge in [0.15, 0.2) is 0 Å². The molecule has 1 saturated carbocycles. The van der Waals surface area contributed by atoms with E-state index in [-0.39, 0.29) is 0 Å². The molecule has 1 saturated heterocycles. The Morgan fingerprint density at radius 2 is 2.00 bits per heavy atom. The van der Waals surface area contributed by atoms with E-state index in [4.69, 9.17) is 5.73 Å². The lowest BCUT2D eigenvalue weighted by Gasteiger charge is -2.42. The van der Waals surface area contributed by atoms with Crippen molar-refractivity contribution in [1.82, 2.24) is 4.90 Å². The van der Waals surface area contributed by atoms with Crippen LogP contribution in [-0.4, -0.2) is 30.6 Å². The van der Waals surface area contributed by atoms with E-state index in [1.54, 1.807) is 0 Å². The monoisotopic (exact) mass is 196 g/mol. The molecule has 2 aliphatic rings. The molecular weight excluding hydrogens is 172 g/mol. The summed E-state index contributed by atoms with van der Waals surface area (Å²) in [5.74, 6) is 1.06. The van der Waals surface area contributed by atoms with Gasteiger partial charge >= 0.3 is 0 Å². The zero-order chi connectivity index (χ0) is 10.2. The minimum Gasteiger partial charge on any atom is -0.327 e. The first kappa shape index (κ1) is 10.4. The van der Waals surface area contributed by atoms with Crippen molar-refractivity contribution in [3.8, 4) is 0 Å². The fraction of sp³-hybridized carbons (Fsp3) is 1.00. The fourth-order valence-electron chi connectivity index (χ4n) is 2.45. The molecule has 2 fully saturated rings. The Kier molecular flexibility index (Phi) is 2.85. The van der Waals surface area contributed by atoms with Gasteiger partial charge in [-0.05, 0) is 37.3 Å². The summed E-state index contributed by atoms with van der Waals surface area (Å²) in [4.78, 5) is 2.61. The number of likely N-dealkylation sites (tertiary alicyclic amines) is 1. The summed E-state index contributed by atoms with van der Waals surface area (Å²) in [6.45, 7) is 8.33. The largest absolute Gasteiger partial charge is 0.327 e. The minimum absolute atomic E-state index is 0.321. The molecule has 1 aliphatic heterocycles. The quantitative estimate of drug-likeness (QED) is 0.746. The van der Waals surface area contributed by atoms with E-state index in [0.717, 1.165) is 5.92 Å². The average molecular weight is 196 g/mol. The fourth-order valence-corrected chi connectivity index (χ4v) is 2.45. The van der Waals surface area contributed by atoms with Gasteiger partial charge in [-0.1, -0.05) is 26.7 Å². The number of hydrogen-bond donors (Lipinski definition) is 1. The molecule has 0 bridgehead atoms. The molecule has 0 aromatic rings. The maximum atomic E-state index is 6.12. The summed E-state index contributed by atoms with van der Waals surface area (Å²) in [6.07, 6.45) is 5.57. The van der Waals surface area contributed by atoms with Crippen molar-refractivity contribution in [2.24, 2.45) is 17.1 Å². The highest BCUT2D eigenvalue weighted by Crippen LogP contribution is 2.34. The molecule has 2 rings (SSSR count). The predicted molar refractivity (Wildman–Crippen MR) is 60.2 cm³/mol. The maximum Gasteiger partial charge on any atom is 0.0115 e. The molecule has 1 aliphatic carbocycles. The van der Waals surface area contributed by atoms with Crippen LogP contribution in [-0.2, 0) is 0 Å². The summed E-state index contributed by atoms with van der Waals surface area (Å²) in [5, 5.41) is 0. The van der Waals surface area contributed by atoms with Crippen LogP contribution in [0.2, 0.25) is 0 Å². The third-order valence-electron chi connectivity index (χ3n) is 3.94. The lowest BCUT2D eigenvalue weighted by atomic mass is 9.79. The van der Waals surface area contributed by atoms with Gasteiger partial charge in [-0.15, -0.1) is 0 Å². The average Bonchev–Trinajstić information content (AvgIpc) is 2.90. The lowest BCUT2D eigenvalue weighted by Crippen LogP contribution is -2.52. The Bertz CT molecular complexity index is 196. The molecule has 0 amide bonds. The van der Waals surface area contributed by atoms with Gasteiger partial charge in [0.2, 0.25) is 0 Å². The standard InChI is InChI=1S/C12H24N2/c1-12(2)9-14(8-6-11(12)13)7-5-10-3-4-10/h10-11H,3-9,13H2,1-2H3. The van der Waals surface area contributed by atoms with E-state index in [1.807, 2.05) is 0 Å². The normalized spacial score (nSPS) is 33.2. The van der Waals surface area contributed by atoms with Crippen molar-refractivity contribution < 1.29 is 0 Å². The molecule has 82 valence electrons. The molecule has 0 aromatic heterocycles. The van der Waals surface area contributed by atoms with Gasteiger partial charge < -0.3 is 10.6 Å². The first-order valence-electron chi connectivity index (χ1n) is 6.06. The summed E-state index contributed by atoms with van der Waals surface area (Å²) in [6, 6.07) is 0.402. The van der Waals surface area contributed by atoms with Gasteiger partial charge in [-0.25, -0.2) is 0 Å². The Morgan fingerprint density at radius 1 is 1.29 bits per heavy atom. The number of rotatable bonds is 3. The van der Waals surface area contributed by atoms with Crippen molar-refractivity contribution >= 4 is 0 Å². The van der Waals surface area contributed by atoms with Crippen LogP contribution in [0.3, 0.4) is 0 Å². The van der Waals surface area contributed by atoms with Crippen LogP contribution >= 0.6 is 0 Å². The van der Waals surface area contributed by atoms with Crippen molar-refractivity contribution in [2.45, 2.75) is 45.6 Å². The predicted octanol–water partition coefficient (Wildman–Crippen LogP) is 1.85. The molecule has 1 unspecified atom stereocenters. The number of nitrogens with zero attached hydrogens (tertiary/aromatic N) is 1. The second-order valence-electron chi connectivity index (χ2n) is 5.89. The summed E-state index contributed by atoms with van der Waals surface area (Å²) >= 11 is 0. The molecule has 1 heterocycles. The van der Waals surface area contributed by atoms with E-state index < -0.39 is 0 Å². The van der Waals surface area contributed by atoms with E-state index >= 15 is 0 Å². The number of nitrogens with two attached hydrogens (primary N) is 1. The van der Waals surface area contributed by atoms with Crippen molar-refractivity contribution in [3.05, 3.63) is 0 Å². The topological polar surface area (TPSA) is 29.3 Å². The van der Waals surface area contributed by atoms with Gasteiger partial charge in [-0.2, -0.15) is 0 Å². The van der Waals surface area contributed by atoms with Gasteiger partial charge in [0.25, 0.3) is 0 Å². The molecule has 0 radical (unpaired) electrons. The van der Waals surface area contributed by atoms with E-state index in [2.05, 4.69) is 18.7 Å². The van der Waals surface area contributed by atoms with Crippen molar-refractivity contribution in [1.29, 1.82) is 0 Å². The Labute approximate surface area is 87.8 Å². The molecule has 0 spiro atoms. The van der Waals surface area contributed by atoms with Gasteiger partial charge in [0.05, 0.1) is 0 Å². The van der Waals surface area contributed by atoms with Gasteiger partial charge in [0.1, 0.15) is 0 Å². The molecule has 2 N–H and O–H groups in total. The minimum atomic E-state index is 0.321. The molecule has 14 heavy (non-hydrogen) atoms. The molecule has 1 atom stereocenters. The van der Waals surface area contributed by atoms with E-state index in [0.29, 0.717) is 11.5 Å². The highest BCUT2D eigenvalue weighted by Gasteiger charge is 2.33. The zero-order valence-corrected chi connectivity index (χ0v) is 9.63. The summed E-state index contributed by atoms with van der Waals surface area (Å²) in [5.41, 5.74) is 6.44. The second kappa shape index (κ2) is 3.82. The van der Waals surface area contributed by atoms with E-state index in [1.165, 1.54) is 45.3 Å². The summed E-state index contributed by atoms with van der Waals surface area (Å²) in [7, 11) is 0. The molecular formula is C12H24N2. The third-order valence-corrected chi connectivity index (χ3v) is 3.94.